The lowest BCUT2D eigenvalue weighted by Crippen LogP contribution is -2.39. The van der Waals surface area contributed by atoms with E-state index in [2.05, 4.69) is 11.8 Å². The van der Waals surface area contributed by atoms with Crippen molar-refractivity contribution in [1.29, 1.82) is 0 Å². The third kappa shape index (κ3) is 5.46. The molecule has 2 N–H and O–H groups in total. The van der Waals surface area contributed by atoms with Crippen LogP contribution in [-0.4, -0.2) is 22.3 Å². The van der Waals surface area contributed by atoms with Gasteiger partial charge in [0, 0.05) is 10.4 Å². The molecule has 0 aliphatic rings. The highest BCUT2D eigenvalue weighted by atomic mass is 35.5. The van der Waals surface area contributed by atoms with Crippen molar-refractivity contribution in [2.45, 2.75) is 33.5 Å². The standard InChI is InChI=1S/C21H20ClFO4/c1-21(2,3)19(20(25)26)27-18-9-7-16(22)11-15(18)6-5-14-10-13(12-24)4-8-17(14)23/h4,7-11,19,24H,12H2,1-3H3,(H,25,26). The van der Waals surface area contributed by atoms with Crippen LogP contribution in [0.2, 0.25) is 5.02 Å². The molecule has 0 fully saturated rings. The molecule has 1 unspecified atom stereocenters. The molecule has 0 bridgehead atoms. The third-order valence-electron chi connectivity index (χ3n) is 3.74. The summed E-state index contributed by atoms with van der Waals surface area (Å²) in [6.07, 6.45) is -1.10. The Balaban J connectivity index is 2.45. The van der Waals surface area contributed by atoms with Gasteiger partial charge in [0.2, 0.25) is 0 Å². The van der Waals surface area contributed by atoms with E-state index in [4.69, 9.17) is 16.3 Å². The summed E-state index contributed by atoms with van der Waals surface area (Å²) in [6, 6.07) is 8.77. The fourth-order valence-corrected chi connectivity index (χ4v) is 2.50. The number of aliphatic hydroxyl groups excluding tert-OH is 1. The number of benzene rings is 2. The molecule has 0 radical (unpaired) electrons. The van der Waals surface area contributed by atoms with Gasteiger partial charge in [-0.25, -0.2) is 9.18 Å². The lowest BCUT2D eigenvalue weighted by Gasteiger charge is -2.28. The van der Waals surface area contributed by atoms with Gasteiger partial charge in [0.25, 0.3) is 0 Å². The van der Waals surface area contributed by atoms with E-state index < -0.39 is 23.3 Å². The molecule has 2 aromatic rings. The molecule has 27 heavy (non-hydrogen) atoms. The van der Waals surface area contributed by atoms with Gasteiger partial charge < -0.3 is 14.9 Å². The molecule has 2 rings (SSSR count). The molecule has 0 heterocycles. The minimum absolute atomic E-state index is 0.109. The highest BCUT2D eigenvalue weighted by molar-refractivity contribution is 6.30. The van der Waals surface area contributed by atoms with Crippen LogP contribution in [0.4, 0.5) is 4.39 Å². The Morgan fingerprint density at radius 1 is 1.19 bits per heavy atom. The minimum Gasteiger partial charge on any atom is -0.478 e. The molecular formula is C21H20ClFO4. The summed E-state index contributed by atoms with van der Waals surface area (Å²) in [4.78, 5) is 11.6. The van der Waals surface area contributed by atoms with Crippen molar-refractivity contribution in [2.75, 3.05) is 0 Å². The summed E-state index contributed by atoms with van der Waals surface area (Å²) in [6.45, 7) is 5.03. The van der Waals surface area contributed by atoms with Crippen LogP contribution in [0.25, 0.3) is 0 Å². The lowest BCUT2D eigenvalue weighted by atomic mass is 9.89. The summed E-state index contributed by atoms with van der Waals surface area (Å²) >= 11 is 6.02. The van der Waals surface area contributed by atoms with Gasteiger partial charge in [0.1, 0.15) is 11.6 Å². The van der Waals surface area contributed by atoms with E-state index in [0.717, 1.165) is 0 Å². The van der Waals surface area contributed by atoms with E-state index in [1.807, 2.05) is 0 Å². The van der Waals surface area contributed by atoms with Gasteiger partial charge in [0.15, 0.2) is 6.10 Å². The molecule has 0 spiro atoms. The van der Waals surface area contributed by atoms with Crippen molar-refractivity contribution in [1.82, 2.24) is 0 Å². The molecular weight excluding hydrogens is 371 g/mol. The van der Waals surface area contributed by atoms with Gasteiger partial charge in [-0.15, -0.1) is 0 Å². The molecule has 0 aromatic heterocycles. The number of carboxylic acid groups (broad SMARTS) is 1. The molecule has 2 aromatic carbocycles. The maximum absolute atomic E-state index is 13.9. The zero-order valence-corrected chi connectivity index (χ0v) is 16.0. The Morgan fingerprint density at radius 3 is 2.44 bits per heavy atom. The maximum atomic E-state index is 13.9. The number of ether oxygens (including phenoxy) is 1. The molecule has 1 atom stereocenters. The molecule has 0 saturated heterocycles. The van der Waals surface area contributed by atoms with Crippen LogP contribution >= 0.6 is 11.6 Å². The minimum atomic E-state index is -1.10. The van der Waals surface area contributed by atoms with Crippen molar-refractivity contribution in [2.24, 2.45) is 5.41 Å². The number of hydrogen-bond acceptors (Lipinski definition) is 3. The van der Waals surface area contributed by atoms with Gasteiger partial charge in [-0.1, -0.05) is 50.3 Å². The number of rotatable bonds is 4. The van der Waals surface area contributed by atoms with Crippen molar-refractivity contribution in [3.63, 3.8) is 0 Å². The fourth-order valence-electron chi connectivity index (χ4n) is 2.33. The molecule has 142 valence electrons. The van der Waals surface area contributed by atoms with Crippen LogP contribution in [0.3, 0.4) is 0 Å². The monoisotopic (exact) mass is 390 g/mol. The quantitative estimate of drug-likeness (QED) is 0.766. The first-order valence-corrected chi connectivity index (χ1v) is 8.60. The predicted molar refractivity (Wildman–Crippen MR) is 101 cm³/mol. The fraction of sp³-hybridized carbons (Fsp3) is 0.286. The number of aliphatic hydroxyl groups is 1. The largest absolute Gasteiger partial charge is 0.478 e. The van der Waals surface area contributed by atoms with Crippen molar-refractivity contribution >= 4 is 17.6 Å². The van der Waals surface area contributed by atoms with Crippen LogP contribution < -0.4 is 4.74 Å². The predicted octanol–water partition coefficient (Wildman–Crippen LogP) is 4.25. The van der Waals surface area contributed by atoms with Crippen LogP contribution in [0.5, 0.6) is 5.75 Å². The van der Waals surface area contributed by atoms with Gasteiger partial charge in [-0.3, -0.25) is 0 Å². The molecule has 0 aliphatic heterocycles. The molecule has 0 amide bonds. The Hall–Kier alpha value is -2.55. The smallest absolute Gasteiger partial charge is 0.345 e. The Labute approximate surface area is 162 Å². The van der Waals surface area contributed by atoms with Crippen LogP contribution in [-0.2, 0) is 11.4 Å². The molecule has 4 nitrogen and oxygen atoms in total. The average molecular weight is 391 g/mol. The lowest BCUT2D eigenvalue weighted by molar-refractivity contribution is -0.150. The topological polar surface area (TPSA) is 66.8 Å². The number of carbonyl (C=O) groups is 1. The van der Waals surface area contributed by atoms with Crippen LogP contribution in [0, 0.1) is 23.1 Å². The highest BCUT2D eigenvalue weighted by Crippen LogP contribution is 2.29. The van der Waals surface area contributed by atoms with Crippen LogP contribution in [0.15, 0.2) is 36.4 Å². The summed E-state index contributed by atoms with van der Waals surface area (Å²) < 4.78 is 19.6. The molecule has 6 heteroatoms. The summed E-state index contributed by atoms with van der Waals surface area (Å²) in [7, 11) is 0. The SMILES string of the molecule is CC(C)(C)C(Oc1ccc(Cl)cc1C#Cc1cc(CO)ccc1F)C(=O)O. The Kier molecular flexibility index (Phi) is 6.48. The van der Waals surface area contributed by atoms with E-state index in [0.29, 0.717) is 16.1 Å². The van der Waals surface area contributed by atoms with E-state index in [9.17, 15) is 19.4 Å². The zero-order valence-electron chi connectivity index (χ0n) is 15.2. The highest BCUT2D eigenvalue weighted by Gasteiger charge is 2.33. The van der Waals surface area contributed by atoms with E-state index >= 15 is 0 Å². The number of carboxylic acids is 1. The second-order valence-corrected chi connectivity index (χ2v) is 7.50. The average Bonchev–Trinajstić information content (AvgIpc) is 2.58. The van der Waals surface area contributed by atoms with Gasteiger partial charge in [0.05, 0.1) is 17.7 Å². The van der Waals surface area contributed by atoms with Crippen molar-refractivity contribution in [3.8, 4) is 17.6 Å². The van der Waals surface area contributed by atoms with Crippen molar-refractivity contribution < 1.29 is 24.1 Å². The van der Waals surface area contributed by atoms with Gasteiger partial charge in [-0.05, 0) is 35.9 Å². The van der Waals surface area contributed by atoms with Crippen LogP contribution in [0.1, 0.15) is 37.5 Å². The number of aliphatic carboxylic acids is 1. The van der Waals surface area contributed by atoms with E-state index in [-0.39, 0.29) is 17.9 Å². The zero-order chi connectivity index (χ0) is 20.2. The van der Waals surface area contributed by atoms with Crippen molar-refractivity contribution in [3.05, 3.63) is 63.9 Å². The Morgan fingerprint density at radius 2 is 1.85 bits per heavy atom. The summed E-state index contributed by atoms with van der Waals surface area (Å²) in [5, 5.41) is 19.0. The number of hydrogen-bond donors (Lipinski definition) is 2. The second-order valence-electron chi connectivity index (χ2n) is 7.06. The summed E-state index contributed by atoms with van der Waals surface area (Å²) in [5.74, 6) is 4.09. The molecule has 0 saturated carbocycles. The Bertz CT molecular complexity index is 907. The van der Waals surface area contributed by atoms with Gasteiger partial charge >= 0.3 is 5.97 Å². The van der Waals surface area contributed by atoms with E-state index in [1.165, 1.54) is 30.3 Å². The third-order valence-corrected chi connectivity index (χ3v) is 3.98. The first kappa shape index (κ1) is 20.8. The van der Waals surface area contributed by atoms with Gasteiger partial charge in [-0.2, -0.15) is 0 Å². The number of halogens is 2. The normalized spacial score (nSPS) is 12.1. The second kappa shape index (κ2) is 8.43. The molecule has 0 aliphatic carbocycles. The van der Waals surface area contributed by atoms with E-state index in [1.54, 1.807) is 26.8 Å². The maximum Gasteiger partial charge on any atom is 0.345 e. The first-order chi connectivity index (χ1) is 12.6. The summed E-state index contributed by atoms with van der Waals surface area (Å²) in [5.41, 5.74) is 0.324. The first-order valence-electron chi connectivity index (χ1n) is 8.22.